The molecule has 0 spiro atoms. The summed E-state index contributed by atoms with van der Waals surface area (Å²) in [5.41, 5.74) is 3.21. The largest absolute Gasteiger partial charge is 0.493 e. The minimum atomic E-state index is 0.0197. The molecule has 24 heavy (non-hydrogen) atoms. The summed E-state index contributed by atoms with van der Waals surface area (Å²) in [6, 6.07) is 13.6. The monoisotopic (exact) mass is 328 g/mol. The van der Waals surface area contributed by atoms with Crippen molar-refractivity contribution in [1.29, 1.82) is 0 Å². The fourth-order valence-electron chi connectivity index (χ4n) is 2.36. The van der Waals surface area contributed by atoms with Crippen LogP contribution in [0.15, 0.2) is 42.5 Å². The Balaban J connectivity index is 1.77. The van der Waals surface area contributed by atoms with Gasteiger partial charge in [-0.1, -0.05) is 24.3 Å². The van der Waals surface area contributed by atoms with Crippen molar-refractivity contribution in [1.82, 2.24) is 5.32 Å². The average molecular weight is 328 g/mol. The third kappa shape index (κ3) is 4.91. The lowest BCUT2D eigenvalue weighted by Gasteiger charge is -2.11. The van der Waals surface area contributed by atoms with Crippen LogP contribution in [0.25, 0.3) is 0 Å². The zero-order chi connectivity index (χ0) is 17.4. The van der Waals surface area contributed by atoms with E-state index < -0.39 is 0 Å². The maximum absolute atomic E-state index is 11.9. The van der Waals surface area contributed by atoms with Crippen LogP contribution < -0.4 is 20.1 Å². The number of hydrogen-bond acceptors (Lipinski definition) is 4. The first-order valence-electron chi connectivity index (χ1n) is 7.91. The predicted octanol–water partition coefficient (Wildman–Crippen LogP) is 3.13. The van der Waals surface area contributed by atoms with E-state index in [2.05, 4.69) is 10.6 Å². The third-order valence-electron chi connectivity index (χ3n) is 3.80. The van der Waals surface area contributed by atoms with Gasteiger partial charge in [-0.2, -0.15) is 0 Å². The van der Waals surface area contributed by atoms with Crippen molar-refractivity contribution in [2.75, 3.05) is 26.1 Å². The van der Waals surface area contributed by atoms with E-state index in [0.29, 0.717) is 31.0 Å². The summed E-state index contributed by atoms with van der Waals surface area (Å²) in [5, 5.41) is 6.16. The standard InChI is InChI=1S/C19H24N2O3/c1-14-6-4-5-7-15(14)13-21-19(22)10-11-20-16-8-9-17(23-2)18(12-16)24-3/h4-9,12,20H,10-11,13H2,1-3H3,(H,21,22). The molecule has 2 N–H and O–H groups in total. The van der Waals surface area contributed by atoms with Gasteiger partial charge in [-0.15, -0.1) is 0 Å². The normalized spacial score (nSPS) is 10.1. The van der Waals surface area contributed by atoms with E-state index in [9.17, 15) is 4.79 Å². The summed E-state index contributed by atoms with van der Waals surface area (Å²) in [6.45, 7) is 3.15. The summed E-state index contributed by atoms with van der Waals surface area (Å²) >= 11 is 0. The molecule has 5 nitrogen and oxygen atoms in total. The van der Waals surface area contributed by atoms with E-state index in [0.717, 1.165) is 11.3 Å². The maximum Gasteiger partial charge on any atom is 0.222 e. The molecule has 2 rings (SSSR count). The Morgan fingerprint density at radius 1 is 1.04 bits per heavy atom. The molecule has 128 valence electrons. The average Bonchev–Trinajstić information content (AvgIpc) is 2.61. The first kappa shape index (κ1) is 17.7. The Morgan fingerprint density at radius 2 is 1.79 bits per heavy atom. The Labute approximate surface area is 143 Å². The molecule has 0 saturated carbocycles. The van der Waals surface area contributed by atoms with Crippen molar-refractivity contribution in [3.8, 4) is 11.5 Å². The number of ether oxygens (including phenoxy) is 2. The Bertz CT molecular complexity index is 686. The Kier molecular flexibility index (Phi) is 6.49. The molecular formula is C19H24N2O3. The van der Waals surface area contributed by atoms with Gasteiger partial charge >= 0.3 is 0 Å². The Hall–Kier alpha value is -2.69. The van der Waals surface area contributed by atoms with Gasteiger partial charge in [0, 0.05) is 31.3 Å². The van der Waals surface area contributed by atoms with Crippen LogP contribution in [0.3, 0.4) is 0 Å². The molecule has 0 heterocycles. The second-order valence-corrected chi connectivity index (χ2v) is 5.45. The van der Waals surface area contributed by atoms with E-state index in [1.165, 1.54) is 5.56 Å². The molecule has 0 atom stereocenters. The number of aryl methyl sites for hydroxylation is 1. The SMILES string of the molecule is COc1ccc(NCCC(=O)NCc2ccccc2C)cc1OC. The Morgan fingerprint density at radius 3 is 2.50 bits per heavy atom. The molecule has 0 aliphatic rings. The summed E-state index contributed by atoms with van der Waals surface area (Å²) in [7, 11) is 3.20. The zero-order valence-corrected chi connectivity index (χ0v) is 14.4. The number of benzene rings is 2. The summed E-state index contributed by atoms with van der Waals surface area (Å²) < 4.78 is 10.5. The summed E-state index contributed by atoms with van der Waals surface area (Å²) in [4.78, 5) is 11.9. The molecule has 0 bridgehead atoms. The lowest BCUT2D eigenvalue weighted by atomic mass is 10.1. The molecule has 0 fully saturated rings. The van der Waals surface area contributed by atoms with Gasteiger partial charge in [0.25, 0.3) is 0 Å². The van der Waals surface area contributed by atoms with Gasteiger partial charge in [0.15, 0.2) is 11.5 Å². The van der Waals surface area contributed by atoms with E-state index in [-0.39, 0.29) is 5.91 Å². The number of anilines is 1. The molecule has 0 aromatic heterocycles. The molecule has 2 aromatic rings. The fraction of sp³-hybridized carbons (Fsp3) is 0.316. The highest BCUT2D eigenvalue weighted by atomic mass is 16.5. The fourth-order valence-corrected chi connectivity index (χ4v) is 2.36. The number of carbonyl (C=O) groups excluding carboxylic acids is 1. The number of carbonyl (C=O) groups is 1. The highest BCUT2D eigenvalue weighted by molar-refractivity contribution is 5.76. The number of rotatable bonds is 8. The van der Waals surface area contributed by atoms with Gasteiger partial charge in [-0.3, -0.25) is 4.79 Å². The first-order valence-corrected chi connectivity index (χ1v) is 7.91. The molecule has 0 aliphatic carbocycles. The molecule has 5 heteroatoms. The molecular weight excluding hydrogens is 304 g/mol. The van der Waals surface area contributed by atoms with Gasteiger partial charge in [0.1, 0.15) is 0 Å². The zero-order valence-electron chi connectivity index (χ0n) is 14.4. The second kappa shape index (κ2) is 8.82. The van der Waals surface area contributed by atoms with Crippen LogP contribution in [0.1, 0.15) is 17.5 Å². The molecule has 1 amide bonds. The van der Waals surface area contributed by atoms with Crippen molar-refractivity contribution >= 4 is 11.6 Å². The number of amides is 1. The molecule has 2 aromatic carbocycles. The third-order valence-corrected chi connectivity index (χ3v) is 3.80. The number of nitrogens with one attached hydrogen (secondary N) is 2. The topological polar surface area (TPSA) is 59.6 Å². The van der Waals surface area contributed by atoms with Crippen molar-refractivity contribution in [3.05, 3.63) is 53.6 Å². The molecule has 0 aliphatic heterocycles. The quantitative estimate of drug-likeness (QED) is 0.781. The van der Waals surface area contributed by atoms with Gasteiger partial charge in [0.2, 0.25) is 5.91 Å². The van der Waals surface area contributed by atoms with E-state index in [1.807, 2.05) is 49.4 Å². The lowest BCUT2D eigenvalue weighted by Crippen LogP contribution is -2.25. The predicted molar refractivity (Wildman–Crippen MR) is 95.7 cm³/mol. The highest BCUT2D eigenvalue weighted by Crippen LogP contribution is 2.29. The van der Waals surface area contributed by atoms with Crippen LogP contribution in [-0.4, -0.2) is 26.7 Å². The van der Waals surface area contributed by atoms with Crippen molar-refractivity contribution in [3.63, 3.8) is 0 Å². The van der Waals surface area contributed by atoms with E-state index in [1.54, 1.807) is 14.2 Å². The van der Waals surface area contributed by atoms with Crippen LogP contribution in [-0.2, 0) is 11.3 Å². The van der Waals surface area contributed by atoms with Crippen molar-refractivity contribution in [2.24, 2.45) is 0 Å². The summed E-state index contributed by atoms with van der Waals surface area (Å²) in [5.74, 6) is 1.36. The molecule has 0 unspecified atom stereocenters. The van der Waals surface area contributed by atoms with Crippen LogP contribution in [0.2, 0.25) is 0 Å². The van der Waals surface area contributed by atoms with Crippen molar-refractivity contribution < 1.29 is 14.3 Å². The number of hydrogen-bond donors (Lipinski definition) is 2. The van der Waals surface area contributed by atoms with Gasteiger partial charge in [-0.05, 0) is 30.2 Å². The van der Waals surface area contributed by atoms with Gasteiger partial charge < -0.3 is 20.1 Å². The maximum atomic E-state index is 11.9. The summed E-state index contributed by atoms with van der Waals surface area (Å²) in [6.07, 6.45) is 0.403. The minimum Gasteiger partial charge on any atom is -0.493 e. The smallest absolute Gasteiger partial charge is 0.222 e. The van der Waals surface area contributed by atoms with Crippen LogP contribution in [0.5, 0.6) is 11.5 Å². The van der Waals surface area contributed by atoms with Crippen LogP contribution in [0, 0.1) is 6.92 Å². The lowest BCUT2D eigenvalue weighted by molar-refractivity contribution is -0.121. The highest BCUT2D eigenvalue weighted by Gasteiger charge is 2.06. The van der Waals surface area contributed by atoms with Crippen molar-refractivity contribution in [2.45, 2.75) is 19.9 Å². The van der Waals surface area contributed by atoms with Gasteiger partial charge in [0.05, 0.1) is 14.2 Å². The van der Waals surface area contributed by atoms with E-state index in [4.69, 9.17) is 9.47 Å². The minimum absolute atomic E-state index is 0.0197. The number of methoxy groups -OCH3 is 2. The second-order valence-electron chi connectivity index (χ2n) is 5.45. The van der Waals surface area contributed by atoms with Gasteiger partial charge in [-0.25, -0.2) is 0 Å². The molecule has 0 saturated heterocycles. The van der Waals surface area contributed by atoms with Crippen LogP contribution >= 0.6 is 0 Å². The van der Waals surface area contributed by atoms with E-state index >= 15 is 0 Å². The molecule has 0 radical (unpaired) electrons. The first-order chi connectivity index (χ1) is 11.6. The van der Waals surface area contributed by atoms with Crippen LogP contribution in [0.4, 0.5) is 5.69 Å².